The van der Waals surface area contributed by atoms with Gasteiger partial charge in [-0.3, -0.25) is 4.79 Å². The van der Waals surface area contributed by atoms with E-state index in [1.54, 1.807) is 31.4 Å². The number of rotatable bonds is 4. The summed E-state index contributed by atoms with van der Waals surface area (Å²) in [6.45, 7) is 0. The van der Waals surface area contributed by atoms with Crippen molar-refractivity contribution in [3.63, 3.8) is 0 Å². The van der Waals surface area contributed by atoms with Crippen LogP contribution in [0.25, 0.3) is 10.9 Å². The van der Waals surface area contributed by atoms with Crippen molar-refractivity contribution in [2.45, 2.75) is 6.42 Å². The van der Waals surface area contributed by atoms with Gasteiger partial charge in [0.25, 0.3) is 0 Å². The van der Waals surface area contributed by atoms with Crippen molar-refractivity contribution in [3.8, 4) is 11.8 Å². The fraction of sp³-hybridized carbons (Fsp3) is 0.111. The molecular formula is C18H15N3O2. The summed E-state index contributed by atoms with van der Waals surface area (Å²) >= 11 is 0. The third-order valence-electron chi connectivity index (χ3n) is 3.61. The molecule has 3 aromatic rings. The van der Waals surface area contributed by atoms with E-state index in [1.165, 1.54) is 0 Å². The van der Waals surface area contributed by atoms with E-state index >= 15 is 0 Å². The van der Waals surface area contributed by atoms with Gasteiger partial charge in [-0.05, 0) is 29.8 Å². The Morgan fingerprint density at radius 1 is 1.30 bits per heavy atom. The molecule has 0 saturated carbocycles. The third-order valence-corrected chi connectivity index (χ3v) is 3.61. The van der Waals surface area contributed by atoms with Crippen LogP contribution in [0.5, 0.6) is 5.75 Å². The maximum absolute atomic E-state index is 12.2. The van der Waals surface area contributed by atoms with Crippen LogP contribution in [0.3, 0.4) is 0 Å². The Labute approximate surface area is 133 Å². The fourth-order valence-corrected chi connectivity index (χ4v) is 2.55. The van der Waals surface area contributed by atoms with Gasteiger partial charge in [0.2, 0.25) is 5.91 Å². The number of hydrogen-bond donors (Lipinski definition) is 2. The smallest absolute Gasteiger partial charge is 0.228 e. The van der Waals surface area contributed by atoms with Gasteiger partial charge in [-0.15, -0.1) is 0 Å². The van der Waals surface area contributed by atoms with Gasteiger partial charge in [0.15, 0.2) is 0 Å². The molecule has 0 radical (unpaired) electrons. The zero-order chi connectivity index (χ0) is 16.2. The lowest BCUT2D eigenvalue weighted by Crippen LogP contribution is -2.14. The van der Waals surface area contributed by atoms with E-state index < -0.39 is 0 Å². The summed E-state index contributed by atoms with van der Waals surface area (Å²) in [4.78, 5) is 15.4. The van der Waals surface area contributed by atoms with Crippen molar-refractivity contribution < 1.29 is 9.53 Å². The van der Waals surface area contributed by atoms with Crippen LogP contribution >= 0.6 is 0 Å². The van der Waals surface area contributed by atoms with Crippen LogP contribution in [0.2, 0.25) is 0 Å². The number of aromatic nitrogens is 1. The Bertz CT molecular complexity index is 906. The largest absolute Gasteiger partial charge is 0.495 e. The molecule has 1 amide bonds. The van der Waals surface area contributed by atoms with Crippen molar-refractivity contribution in [2.75, 3.05) is 12.4 Å². The van der Waals surface area contributed by atoms with Gasteiger partial charge in [-0.25, -0.2) is 0 Å². The van der Waals surface area contributed by atoms with Crippen molar-refractivity contribution in [3.05, 3.63) is 59.8 Å². The van der Waals surface area contributed by atoms with Crippen molar-refractivity contribution in [1.82, 2.24) is 4.98 Å². The summed E-state index contributed by atoms with van der Waals surface area (Å²) in [5, 5.41) is 12.7. The minimum Gasteiger partial charge on any atom is -0.495 e. The van der Waals surface area contributed by atoms with Crippen LogP contribution in [0.1, 0.15) is 11.1 Å². The maximum Gasteiger partial charge on any atom is 0.228 e. The number of nitrogens with zero attached hydrogens (tertiary/aromatic N) is 1. The van der Waals surface area contributed by atoms with Gasteiger partial charge in [0.1, 0.15) is 5.75 Å². The second-order valence-corrected chi connectivity index (χ2v) is 5.11. The summed E-state index contributed by atoms with van der Waals surface area (Å²) in [5.74, 6) is 0.611. The Kier molecular flexibility index (Phi) is 3.98. The quantitative estimate of drug-likeness (QED) is 0.776. The van der Waals surface area contributed by atoms with Crippen molar-refractivity contribution in [2.24, 2.45) is 0 Å². The molecule has 2 aromatic carbocycles. The van der Waals surface area contributed by atoms with Crippen LogP contribution in [0, 0.1) is 11.3 Å². The Morgan fingerprint density at radius 2 is 2.13 bits per heavy atom. The molecule has 0 fully saturated rings. The van der Waals surface area contributed by atoms with Crippen LogP contribution < -0.4 is 10.1 Å². The highest BCUT2D eigenvalue weighted by Gasteiger charge is 2.11. The summed E-state index contributed by atoms with van der Waals surface area (Å²) in [6.07, 6.45) is 2.06. The van der Waals surface area contributed by atoms with Gasteiger partial charge >= 0.3 is 0 Å². The maximum atomic E-state index is 12.2. The predicted molar refractivity (Wildman–Crippen MR) is 88.3 cm³/mol. The molecule has 114 valence electrons. The molecule has 0 aliphatic carbocycles. The number of H-pyrrole nitrogens is 1. The molecule has 1 aromatic heterocycles. The number of anilines is 1. The lowest BCUT2D eigenvalue weighted by Gasteiger charge is -2.05. The SMILES string of the molecule is COc1cccc2c(CC(=O)Nc3cccc(C#N)c3)c[nH]c12. The first-order valence-corrected chi connectivity index (χ1v) is 7.14. The average Bonchev–Trinajstić information content (AvgIpc) is 2.98. The predicted octanol–water partition coefficient (Wildman–Crippen LogP) is 3.23. The van der Waals surface area contributed by atoms with E-state index in [2.05, 4.69) is 16.4 Å². The summed E-state index contributed by atoms with van der Waals surface area (Å²) in [6, 6.07) is 14.6. The van der Waals surface area contributed by atoms with E-state index in [4.69, 9.17) is 10.00 Å². The summed E-state index contributed by atoms with van der Waals surface area (Å²) in [5.41, 5.74) is 2.91. The molecule has 0 bridgehead atoms. The summed E-state index contributed by atoms with van der Waals surface area (Å²) in [7, 11) is 1.62. The number of ether oxygens (including phenoxy) is 1. The number of amides is 1. The molecule has 1 heterocycles. The molecule has 0 unspecified atom stereocenters. The molecule has 2 N–H and O–H groups in total. The number of methoxy groups -OCH3 is 1. The van der Waals surface area contributed by atoms with Crippen molar-refractivity contribution >= 4 is 22.5 Å². The number of carbonyl (C=O) groups is 1. The molecular weight excluding hydrogens is 290 g/mol. The minimum atomic E-state index is -0.135. The highest BCUT2D eigenvalue weighted by Crippen LogP contribution is 2.27. The number of hydrogen-bond acceptors (Lipinski definition) is 3. The van der Waals surface area contributed by atoms with Gasteiger partial charge in [0.05, 0.1) is 30.7 Å². The summed E-state index contributed by atoms with van der Waals surface area (Å²) < 4.78 is 5.30. The van der Waals surface area contributed by atoms with Crippen LogP contribution in [-0.4, -0.2) is 18.0 Å². The van der Waals surface area contributed by atoms with Crippen molar-refractivity contribution in [1.29, 1.82) is 5.26 Å². The van der Waals surface area contributed by atoms with E-state index in [0.29, 0.717) is 11.3 Å². The van der Waals surface area contributed by atoms with Crippen LogP contribution in [0.4, 0.5) is 5.69 Å². The Morgan fingerprint density at radius 3 is 2.91 bits per heavy atom. The van der Waals surface area contributed by atoms with Gasteiger partial charge in [-0.1, -0.05) is 18.2 Å². The van der Waals surface area contributed by atoms with Crippen LogP contribution in [0.15, 0.2) is 48.7 Å². The molecule has 0 aliphatic rings. The molecule has 23 heavy (non-hydrogen) atoms. The standard InChI is InChI=1S/C18H15N3O2/c1-23-16-7-3-6-15-13(11-20-18(15)16)9-17(22)21-14-5-2-4-12(8-14)10-19/h2-8,11,20H,9H2,1H3,(H,21,22). The second-order valence-electron chi connectivity index (χ2n) is 5.11. The first-order chi connectivity index (χ1) is 11.2. The Balaban J connectivity index is 1.79. The normalized spacial score (nSPS) is 10.3. The van der Waals surface area contributed by atoms with Crippen LogP contribution in [-0.2, 0) is 11.2 Å². The molecule has 0 aliphatic heterocycles. The number of carbonyl (C=O) groups excluding carboxylic acids is 1. The molecule has 0 atom stereocenters. The first-order valence-electron chi connectivity index (χ1n) is 7.14. The molecule has 3 rings (SSSR count). The number of nitriles is 1. The Hall–Kier alpha value is -3.26. The topological polar surface area (TPSA) is 77.9 Å². The minimum absolute atomic E-state index is 0.135. The molecule has 0 saturated heterocycles. The highest BCUT2D eigenvalue weighted by molar-refractivity contribution is 5.97. The van der Waals surface area contributed by atoms with Gasteiger partial charge in [0, 0.05) is 17.3 Å². The number of para-hydroxylation sites is 1. The number of benzene rings is 2. The average molecular weight is 305 g/mol. The number of aromatic amines is 1. The van der Waals surface area contributed by atoms with E-state index in [-0.39, 0.29) is 12.3 Å². The molecule has 5 heteroatoms. The zero-order valence-electron chi connectivity index (χ0n) is 12.6. The number of fused-ring (bicyclic) bond motifs is 1. The molecule has 0 spiro atoms. The number of nitrogens with one attached hydrogen (secondary N) is 2. The van der Waals surface area contributed by atoms with Gasteiger partial charge < -0.3 is 15.0 Å². The van der Waals surface area contributed by atoms with E-state index in [9.17, 15) is 4.79 Å². The van der Waals surface area contributed by atoms with Gasteiger partial charge in [-0.2, -0.15) is 5.26 Å². The zero-order valence-corrected chi connectivity index (χ0v) is 12.6. The molecule has 5 nitrogen and oxygen atoms in total. The third kappa shape index (κ3) is 3.01. The monoisotopic (exact) mass is 305 g/mol. The van der Waals surface area contributed by atoms with E-state index in [1.807, 2.05) is 24.4 Å². The van der Waals surface area contributed by atoms with E-state index in [0.717, 1.165) is 22.2 Å². The first kappa shape index (κ1) is 14.7. The second kappa shape index (κ2) is 6.24. The fourth-order valence-electron chi connectivity index (χ4n) is 2.55. The lowest BCUT2D eigenvalue weighted by molar-refractivity contribution is -0.115. The lowest BCUT2D eigenvalue weighted by atomic mass is 10.1. The highest BCUT2D eigenvalue weighted by atomic mass is 16.5.